The second kappa shape index (κ2) is 3.80. The molecule has 0 aliphatic carbocycles. The fourth-order valence-electron chi connectivity index (χ4n) is 0.936. The molecule has 0 saturated carbocycles. The summed E-state index contributed by atoms with van der Waals surface area (Å²) in [4.78, 5) is 8.30. The third kappa shape index (κ3) is 2.02. The molecule has 4 nitrogen and oxygen atoms in total. The Morgan fingerprint density at radius 3 is 2.64 bits per heavy atom. The zero-order valence-electron chi connectivity index (χ0n) is 6.46. The SMILES string of the molecule is Brc1cn2ncnc2nc1C(Br)(Br)Br. The first-order valence-corrected chi connectivity index (χ1v) is 6.59. The van der Waals surface area contributed by atoms with E-state index in [4.69, 9.17) is 0 Å². The quantitative estimate of drug-likeness (QED) is 0.580. The number of hydrogen-bond donors (Lipinski definition) is 0. The van der Waals surface area contributed by atoms with Crippen LogP contribution in [0.1, 0.15) is 5.69 Å². The van der Waals surface area contributed by atoms with Crippen molar-refractivity contribution in [2.24, 2.45) is 0 Å². The number of rotatable bonds is 0. The molecule has 0 aliphatic rings. The summed E-state index contributed by atoms with van der Waals surface area (Å²) in [6, 6.07) is 0. The van der Waals surface area contributed by atoms with Gasteiger partial charge in [0.25, 0.3) is 5.78 Å². The molecule has 0 saturated heterocycles. The predicted octanol–water partition coefficient (Wildman–Crippen LogP) is 3.18. The van der Waals surface area contributed by atoms with Gasteiger partial charge < -0.3 is 0 Å². The van der Waals surface area contributed by atoms with Crippen molar-refractivity contribution in [3.63, 3.8) is 0 Å². The van der Waals surface area contributed by atoms with Gasteiger partial charge in [-0.1, -0.05) is 47.8 Å². The van der Waals surface area contributed by atoms with Crippen molar-refractivity contribution in [1.29, 1.82) is 0 Å². The van der Waals surface area contributed by atoms with Crippen LogP contribution in [0, 0.1) is 0 Å². The van der Waals surface area contributed by atoms with Crippen LogP contribution in [-0.2, 0) is 2.14 Å². The number of nitrogens with zero attached hydrogens (tertiary/aromatic N) is 4. The zero-order chi connectivity index (χ0) is 10.3. The van der Waals surface area contributed by atoms with E-state index in [1.54, 1.807) is 10.7 Å². The minimum atomic E-state index is -0.556. The Labute approximate surface area is 113 Å². The molecular weight excluding hydrogens is 448 g/mol. The van der Waals surface area contributed by atoms with Crippen LogP contribution < -0.4 is 0 Å². The Bertz CT molecular complexity index is 474. The Hall–Kier alpha value is 0.470. The second-order valence-electron chi connectivity index (χ2n) is 2.44. The van der Waals surface area contributed by atoms with E-state index >= 15 is 0 Å². The normalized spacial score (nSPS) is 12.3. The molecule has 74 valence electrons. The molecule has 0 N–H and O–H groups in total. The highest BCUT2D eigenvalue weighted by Crippen LogP contribution is 2.45. The molecular formula is C6H2Br4N4. The van der Waals surface area contributed by atoms with Gasteiger partial charge in [0.2, 0.25) is 0 Å². The van der Waals surface area contributed by atoms with Crippen molar-refractivity contribution in [2.75, 3.05) is 0 Å². The summed E-state index contributed by atoms with van der Waals surface area (Å²) in [6.07, 6.45) is 3.25. The van der Waals surface area contributed by atoms with Gasteiger partial charge >= 0.3 is 0 Å². The van der Waals surface area contributed by atoms with Crippen molar-refractivity contribution in [3.8, 4) is 0 Å². The van der Waals surface area contributed by atoms with Crippen LogP contribution in [0.2, 0.25) is 0 Å². The number of hydrogen-bond acceptors (Lipinski definition) is 3. The zero-order valence-corrected chi connectivity index (χ0v) is 12.8. The van der Waals surface area contributed by atoms with Crippen molar-refractivity contribution >= 4 is 69.5 Å². The van der Waals surface area contributed by atoms with Gasteiger partial charge in [-0.25, -0.2) is 9.50 Å². The number of alkyl halides is 3. The third-order valence-corrected chi connectivity index (χ3v) is 3.20. The molecule has 2 aromatic rings. The first-order chi connectivity index (χ1) is 6.48. The van der Waals surface area contributed by atoms with E-state index in [0.717, 1.165) is 10.2 Å². The summed E-state index contributed by atoms with van der Waals surface area (Å²) < 4.78 is 1.85. The monoisotopic (exact) mass is 446 g/mol. The first-order valence-electron chi connectivity index (χ1n) is 3.41. The van der Waals surface area contributed by atoms with Gasteiger partial charge in [0.1, 0.15) is 6.33 Å². The van der Waals surface area contributed by atoms with Gasteiger partial charge in [-0.3, -0.25) is 0 Å². The molecule has 8 heteroatoms. The van der Waals surface area contributed by atoms with Gasteiger partial charge in [0.15, 0.2) is 2.14 Å². The molecule has 0 fully saturated rings. The van der Waals surface area contributed by atoms with Crippen LogP contribution in [0.3, 0.4) is 0 Å². The van der Waals surface area contributed by atoms with E-state index in [9.17, 15) is 0 Å². The van der Waals surface area contributed by atoms with Gasteiger partial charge in [-0.15, -0.1) is 0 Å². The summed E-state index contributed by atoms with van der Waals surface area (Å²) in [5.74, 6) is 0.547. The van der Waals surface area contributed by atoms with Crippen LogP contribution in [0.4, 0.5) is 0 Å². The molecule has 0 bridgehead atoms. The fourth-order valence-corrected chi connectivity index (χ4v) is 3.22. The summed E-state index contributed by atoms with van der Waals surface area (Å²) in [6.45, 7) is 0. The summed E-state index contributed by atoms with van der Waals surface area (Å²) in [7, 11) is 0. The van der Waals surface area contributed by atoms with E-state index in [-0.39, 0.29) is 0 Å². The lowest BCUT2D eigenvalue weighted by Crippen LogP contribution is -2.05. The largest absolute Gasteiger partial charge is 0.252 e. The van der Waals surface area contributed by atoms with Crippen molar-refractivity contribution in [2.45, 2.75) is 2.14 Å². The van der Waals surface area contributed by atoms with Gasteiger partial charge in [0, 0.05) is 6.20 Å². The Morgan fingerprint density at radius 2 is 2.00 bits per heavy atom. The Balaban J connectivity index is 2.71. The third-order valence-electron chi connectivity index (χ3n) is 1.50. The Morgan fingerprint density at radius 1 is 1.29 bits per heavy atom. The van der Waals surface area contributed by atoms with E-state index in [1.807, 2.05) is 0 Å². The van der Waals surface area contributed by atoms with Crippen LogP contribution >= 0.6 is 63.7 Å². The van der Waals surface area contributed by atoms with Gasteiger partial charge in [-0.2, -0.15) is 10.1 Å². The van der Waals surface area contributed by atoms with Crippen molar-refractivity contribution in [3.05, 3.63) is 22.7 Å². The van der Waals surface area contributed by atoms with Gasteiger partial charge in [-0.05, 0) is 15.9 Å². The summed E-state index contributed by atoms with van der Waals surface area (Å²) >= 11 is 13.6. The molecule has 0 aromatic carbocycles. The summed E-state index contributed by atoms with van der Waals surface area (Å²) in [5.41, 5.74) is 0.748. The maximum Gasteiger partial charge on any atom is 0.252 e. The first kappa shape index (κ1) is 11.0. The number of halogens is 4. The molecule has 0 atom stereocenters. The van der Waals surface area contributed by atoms with Crippen LogP contribution in [0.25, 0.3) is 5.78 Å². The predicted molar refractivity (Wildman–Crippen MR) is 66.9 cm³/mol. The summed E-state index contributed by atoms with van der Waals surface area (Å²) in [5, 5.41) is 3.97. The molecule has 2 rings (SSSR count). The standard InChI is InChI=1S/C6H2Br4N4/c7-3-1-14-5(11-2-12-14)13-4(3)6(8,9)10/h1-2H. The molecule has 0 amide bonds. The Kier molecular flexibility index (Phi) is 2.98. The second-order valence-corrected chi connectivity index (χ2v) is 10.1. The van der Waals surface area contributed by atoms with Crippen molar-refractivity contribution < 1.29 is 0 Å². The smallest absolute Gasteiger partial charge is 0.212 e. The lowest BCUT2D eigenvalue weighted by atomic mass is 10.5. The molecule has 14 heavy (non-hydrogen) atoms. The molecule has 0 spiro atoms. The highest BCUT2D eigenvalue weighted by Gasteiger charge is 2.26. The lowest BCUT2D eigenvalue weighted by molar-refractivity contribution is 0.916. The molecule has 0 aliphatic heterocycles. The van der Waals surface area contributed by atoms with Crippen LogP contribution in [0.5, 0.6) is 0 Å². The number of aromatic nitrogens is 4. The van der Waals surface area contributed by atoms with Crippen molar-refractivity contribution in [1.82, 2.24) is 19.6 Å². The average molecular weight is 450 g/mol. The molecule has 0 radical (unpaired) electrons. The highest BCUT2D eigenvalue weighted by atomic mass is 80.0. The minimum Gasteiger partial charge on any atom is -0.212 e. The molecule has 2 heterocycles. The van der Waals surface area contributed by atoms with Crippen LogP contribution in [-0.4, -0.2) is 19.6 Å². The minimum absolute atomic E-state index is 0.547. The van der Waals surface area contributed by atoms with E-state index < -0.39 is 2.14 Å². The maximum atomic E-state index is 4.31. The topological polar surface area (TPSA) is 43.1 Å². The van der Waals surface area contributed by atoms with Crippen LogP contribution in [0.15, 0.2) is 17.0 Å². The molecule has 2 aromatic heterocycles. The fraction of sp³-hybridized carbons (Fsp3) is 0.167. The maximum absolute atomic E-state index is 4.31. The lowest BCUT2D eigenvalue weighted by Gasteiger charge is -2.12. The van der Waals surface area contributed by atoms with E-state index in [1.165, 1.54) is 6.33 Å². The van der Waals surface area contributed by atoms with Gasteiger partial charge in [0.05, 0.1) is 10.2 Å². The highest BCUT2D eigenvalue weighted by molar-refractivity contribution is 9.38. The van der Waals surface area contributed by atoms with E-state index in [0.29, 0.717) is 5.78 Å². The average Bonchev–Trinajstić information content (AvgIpc) is 2.47. The van der Waals surface area contributed by atoms with E-state index in [2.05, 4.69) is 78.8 Å². The molecule has 0 unspecified atom stereocenters. The number of fused-ring (bicyclic) bond motifs is 1.